The molecule has 2 aliphatic rings. The van der Waals surface area contributed by atoms with Crippen LogP contribution in [0.4, 0.5) is 4.79 Å². The normalized spacial score (nSPS) is 25.6. The van der Waals surface area contributed by atoms with E-state index in [1.54, 1.807) is 0 Å². The van der Waals surface area contributed by atoms with E-state index in [1.807, 2.05) is 0 Å². The van der Waals surface area contributed by atoms with Crippen LogP contribution in [-0.4, -0.2) is 47.7 Å². The molecule has 1 saturated carbocycles. The fourth-order valence-electron chi connectivity index (χ4n) is 2.39. The van der Waals surface area contributed by atoms with Crippen LogP contribution in [0.25, 0.3) is 0 Å². The standard InChI is InChI=1S/C12H21N3O3/c13-12(18)15-5-1-2-9(7-15)11(17)14-6-10(16)8-3-4-8/h8-10,16H,1-7H2,(H2,13,18)(H,14,17). The van der Waals surface area contributed by atoms with Gasteiger partial charge in [0, 0.05) is 19.6 Å². The summed E-state index contributed by atoms with van der Waals surface area (Å²) in [6.45, 7) is 1.33. The van der Waals surface area contributed by atoms with Gasteiger partial charge < -0.3 is 21.1 Å². The second kappa shape index (κ2) is 5.56. The molecule has 2 atom stereocenters. The van der Waals surface area contributed by atoms with Crippen molar-refractivity contribution in [3.63, 3.8) is 0 Å². The highest BCUT2D eigenvalue weighted by atomic mass is 16.3. The van der Waals surface area contributed by atoms with Crippen molar-refractivity contribution in [1.29, 1.82) is 0 Å². The Labute approximate surface area is 107 Å². The van der Waals surface area contributed by atoms with Crippen molar-refractivity contribution >= 4 is 11.9 Å². The molecule has 6 nitrogen and oxygen atoms in total. The van der Waals surface area contributed by atoms with E-state index in [-0.39, 0.29) is 11.8 Å². The van der Waals surface area contributed by atoms with Crippen molar-refractivity contribution < 1.29 is 14.7 Å². The molecule has 1 aliphatic heterocycles. The van der Waals surface area contributed by atoms with Crippen molar-refractivity contribution in [1.82, 2.24) is 10.2 Å². The topological polar surface area (TPSA) is 95.7 Å². The van der Waals surface area contributed by atoms with E-state index >= 15 is 0 Å². The molecule has 2 fully saturated rings. The predicted octanol–water partition coefficient (Wildman–Crippen LogP) is -0.336. The highest BCUT2D eigenvalue weighted by Crippen LogP contribution is 2.32. The number of amides is 3. The summed E-state index contributed by atoms with van der Waals surface area (Å²) < 4.78 is 0. The Morgan fingerprint density at radius 2 is 2.11 bits per heavy atom. The Bertz CT molecular complexity index is 331. The highest BCUT2D eigenvalue weighted by Gasteiger charge is 2.31. The first kappa shape index (κ1) is 13.1. The van der Waals surface area contributed by atoms with Gasteiger partial charge in [0.2, 0.25) is 5.91 Å². The van der Waals surface area contributed by atoms with Crippen LogP contribution in [0, 0.1) is 11.8 Å². The first-order valence-electron chi connectivity index (χ1n) is 6.58. The molecule has 18 heavy (non-hydrogen) atoms. The van der Waals surface area contributed by atoms with Crippen molar-refractivity contribution in [3.05, 3.63) is 0 Å². The smallest absolute Gasteiger partial charge is 0.314 e. The molecular weight excluding hydrogens is 234 g/mol. The van der Waals surface area contributed by atoms with Crippen LogP contribution in [-0.2, 0) is 4.79 Å². The van der Waals surface area contributed by atoms with Gasteiger partial charge in [-0.05, 0) is 31.6 Å². The molecule has 1 aliphatic carbocycles. The van der Waals surface area contributed by atoms with Crippen LogP contribution in [0.15, 0.2) is 0 Å². The van der Waals surface area contributed by atoms with Gasteiger partial charge in [-0.2, -0.15) is 0 Å². The first-order valence-corrected chi connectivity index (χ1v) is 6.58. The van der Waals surface area contributed by atoms with E-state index in [9.17, 15) is 14.7 Å². The number of primary amides is 1. The Morgan fingerprint density at radius 1 is 1.39 bits per heavy atom. The fraction of sp³-hybridized carbons (Fsp3) is 0.833. The highest BCUT2D eigenvalue weighted by molar-refractivity contribution is 5.80. The largest absolute Gasteiger partial charge is 0.391 e. The molecule has 0 radical (unpaired) electrons. The van der Waals surface area contributed by atoms with Crippen LogP contribution in [0.3, 0.4) is 0 Å². The summed E-state index contributed by atoms with van der Waals surface area (Å²) in [5.41, 5.74) is 5.22. The number of hydrogen-bond acceptors (Lipinski definition) is 3. The number of piperidine rings is 1. The minimum Gasteiger partial charge on any atom is -0.391 e. The lowest BCUT2D eigenvalue weighted by Gasteiger charge is -2.30. The quantitative estimate of drug-likeness (QED) is 0.641. The molecule has 4 N–H and O–H groups in total. The van der Waals surface area contributed by atoms with E-state index in [0.717, 1.165) is 25.7 Å². The zero-order valence-corrected chi connectivity index (χ0v) is 10.5. The van der Waals surface area contributed by atoms with Crippen molar-refractivity contribution in [2.24, 2.45) is 17.6 Å². The Hall–Kier alpha value is -1.30. The summed E-state index contributed by atoms with van der Waals surface area (Å²) in [6, 6.07) is -0.467. The number of aliphatic hydroxyl groups is 1. The summed E-state index contributed by atoms with van der Waals surface area (Å²) in [4.78, 5) is 24.5. The Kier molecular flexibility index (Phi) is 4.06. The lowest BCUT2D eigenvalue weighted by molar-refractivity contribution is -0.126. The predicted molar refractivity (Wildman–Crippen MR) is 65.6 cm³/mol. The van der Waals surface area contributed by atoms with Gasteiger partial charge in [0.15, 0.2) is 0 Å². The van der Waals surface area contributed by atoms with Crippen molar-refractivity contribution in [2.45, 2.75) is 31.8 Å². The summed E-state index contributed by atoms with van der Waals surface area (Å²) in [5, 5.41) is 12.4. The van der Waals surface area contributed by atoms with E-state index in [2.05, 4.69) is 5.32 Å². The van der Waals surface area contributed by atoms with E-state index in [1.165, 1.54) is 4.90 Å². The number of likely N-dealkylation sites (tertiary alicyclic amines) is 1. The van der Waals surface area contributed by atoms with Crippen LogP contribution < -0.4 is 11.1 Å². The Balaban J connectivity index is 1.75. The van der Waals surface area contributed by atoms with Gasteiger partial charge in [0.25, 0.3) is 0 Å². The van der Waals surface area contributed by atoms with Crippen LogP contribution in [0.1, 0.15) is 25.7 Å². The number of aliphatic hydroxyl groups excluding tert-OH is 1. The zero-order chi connectivity index (χ0) is 13.1. The zero-order valence-electron chi connectivity index (χ0n) is 10.5. The molecule has 102 valence electrons. The average molecular weight is 255 g/mol. The van der Waals surface area contributed by atoms with Gasteiger partial charge in [-0.25, -0.2) is 4.79 Å². The third-order valence-corrected chi connectivity index (χ3v) is 3.76. The number of hydrogen-bond donors (Lipinski definition) is 3. The molecule has 0 aromatic heterocycles. The minimum atomic E-state index is -0.467. The fourth-order valence-corrected chi connectivity index (χ4v) is 2.39. The number of carbonyl (C=O) groups excluding carboxylic acids is 2. The second-order valence-corrected chi connectivity index (χ2v) is 5.27. The molecule has 6 heteroatoms. The Morgan fingerprint density at radius 3 is 2.72 bits per heavy atom. The molecule has 0 aromatic rings. The summed E-state index contributed by atoms with van der Waals surface area (Å²) >= 11 is 0. The van der Waals surface area contributed by atoms with E-state index < -0.39 is 12.1 Å². The maximum absolute atomic E-state index is 11.9. The van der Waals surface area contributed by atoms with Crippen LogP contribution >= 0.6 is 0 Å². The summed E-state index contributed by atoms with van der Waals surface area (Å²) in [6.07, 6.45) is 3.25. The van der Waals surface area contributed by atoms with Gasteiger partial charge in [-0.1, -0.05) is 0 Å². The van der Waals surface area contributed by atoms with Gasteiger partial charge in [-0.15, -0.1) is 0 Å². The third-order valence-electron chi connectivity index (χ3n) is 3.76. The lowest BCUT2D eigenvalue weighted by Crippen LogP contribution is -2.48. The lowest BCUT2D eigenvalue weighted by atomic mass is 9.97. The number of urea groups is 1. The van der Waals surface area contributed by atoms with E-state index in [0.29, 0.717) is 25.6 Å². The first-order chi connectivity index (χ1) is 8.58. The maximum Gasteiger partial charge on any atom is 0.314 e. The molecule has 2 unspecified atom stereocenters. The third kappa shape index (κ3) is 3.35. The molecule has 0 bridgehead atoms. The summed E-state index contributed by atoms with van der Waals surface area (Å²) in [5.74, 6) is 0.0806. The van der Waals surface area contributed by atoms with Gasteiger partial charge in [-0.3, -0.25) is 4.79 Å². The maximum atomic E-state index is 11.9. The molecule has 3 amide bonds. The van der Waals surface area contributed by atoms with Gasteiger partial charge >= 0.3 is 6.03 Å². The van der Waals surface area contributed by atoms with Gasteiger partial charge in [0.1, 0.15) is 0 Å². The molecule has 1 heterocycles. The van der Waals surface area contributed by atoms with Crippen LogP contribution in [0.2, 0.25) is 0 Å². The molecule has 2 rings (SSSR count). The molecular formula is C12H21N3O3. The summed E-state index contributed by atoms with van der Waals surface area (Å²) in [7, 11) is 0. The number of nitrogens with two attached hydrogens (primary N) is 1. The van der Waals surface area contributed by atoms with Crippen LogP contribution in [0.5, 0.6) is 0 Å². The molecule has 0 spiro atoms. The monoisotopic (exact) mass is 255 g/mol. The second-order valence-electron chi connectivity index (χ2n) is 5.27. The number of rotatable bonds is 4. The minimum absolute atomic E-state index is 0.0827. The molecule has 0 aromatic carbocycles. The SMILES string of the molecule is NC(=O)N1CCCC(C(=O)NCC(O)C2CC2)C1. The average Bonchev–Trinajstić information content (AvgIpc) is 3.20. The van der Waals surface area contributed by atoms with Gasteiger partial charge in [0.05, 0.1) is 12.0 Å². The number of carbonyl (C=O) groups is 2. The van der Waals surface area contributed by atoms with Crippen molar-refractivity contribution in [3.8, 4) is 0 Å². The molecule has 1 saturated heterocycles. The number of nitrogens with one attached hydrogen (secondary N) is 1. The number of nitrogens with zero attached hydrogens (tertiary/aromatic N) is 1. The van der Waals surface area contributed by atoms with E-state index in [4.69, 9.17) is 5.73 Å². The van der Waals surface area contributed by atoms with Crippen molar-refractivity contribution in [2.75, 3.05) is 19.6 Å².